The minimum atomic E-state index is 0.754. The Morgan fingerprint density at radius 2 is 2.07 bits per heavy atom. The number of nitrogens with zero attached hydrogens (tertiary/aromatic N) is 1. The van der Waals surface area contributed by atoms with Crippen LogP contribution in [0.3, 0.4) is 0 Å². The lowest BCUT2D eigenvalue weighted by Crippen LogP contribution is -2.43. The van der Waals surface area contributed by atoms with Crippen LogP contribution in [0.25, 0.3) is 0 Å². The van der Waals surface area contributed by atoms with E-state index in [1.807, 2.05) is 0 Å². The zero-order valence-corrected chi connectivity index (χ0v) is 9.87. The SMILES string of the molecule is CNC1CCN(CC2CCCOC2)CC1. The van der Waals surface area contributed by atoms with E-state index in [1.165, 1.54) is 45.3 Å². The standard InChI is InChI=1S/C12H24N2O/c1-13-12-4-6-14(7-5-12)9-11-3-2-8-15-10-11/h11-13H,2-10H2,1H3. The van der Waals surface area contributed by atoms with E-state index < -0.39 is 0 Å². The Kier molecular flexibility index (Phi) is 4.42. The van der Waals surface area contributed by atoms with Gasteiger partial charge in [-0.25, -0.2) is 0 Å². The zero-order chi connectivity index (χ0) is 10.5. The molecule has 15 heavy (non-hydrogen) atoms. The maximum absolute atomic E-state index is 5.53. The van der Waals surface area contributed by atoms with E-state index in [-0.39, 0.29) is 0 Å². The maximum atomic E-state index is 5.53. The van der Waals surface area contributed by atoms with Crippen LogP contribution in [0.2, 0.25) is 0 Å². The Morgan fingerprint density at radius 3 is 2.67 bits per heavy atom. The summed E-state index contributed by atoms with van der Waals surface area (Å²) < 4.78 is 5.53. The van der Waals surface area contributed by atoms with E-state index in [0.717, 1.165) is 25.2 Å². The maximum Gasteiger partial charge on any atom is 0.0506 e. The van der Waals surface area contributed by atoms with E-state index in [0.29, 0.717) is 0 Å². The summed E-state index contributed by atoms with van der Waals surface area (Å²) >= 11 is 0. The topological polar surface area (TPSA) is 24.5 Å². The molecule has 2 rings (SSSR count). The summed E-state index contributed by atoms with van der Waals surface area (Å²) in [6.07, 6.45) is 5.25. The third-order valence-corrected chi connectivity index (χ3v) is 3.77. The fraction of sp³-hybridized carbons (Fsp3) is 1.00. The van der Waals surface area contributed by atoms with Gasteiger partial charge in [0.1, 0.15) is 0 Å². The molecule has 0 spiro atoms. The number of nitrogens with one attached hydrogen (secondary N) is 1. The van der Waals surface area contributed by atoms with Crippen LogP contribution in [0.1, 0.15) is 25.7 Å². The predicted molar refractivity (Wildman–Crippen MR) is 62.1 cm³/mol. The second kappa shape index (κ2) is 5.83. The first-order chi connectivity index (χ1) is 7.38. The van der Waals surface area contributed by atoms with Gasteiger partial charge < -0.3 is 15.0 Å². The van der Waals surface area contributed by atoms with Crippen molar-refractivity contribution in [1.82, 2.24) is 10.2 Å². The third-order valence-electron chi connectivity index (χ3n) is 3.77. The summed E-state index contributed by atoms with van der Waals surface area (Å²) in [5, 5.41) is 3.38. The van der Waals surface area contributed by atoms with Gasteiger partial charge in [-0.1, -0.05) is 0 Å². The smallest absolute Gasteiger partial charge is 0.0506 e. The van der Waals surface area contributed by atoms with Crippen LogP contribution in [0.4, 0.5) is 0 Å². The molecule has 1 atom stereocenters. The first kappa shape index (κ1) is 11.4. The molecule has 0 radical (unpaired) electrons. The van der Waals surface area contributed by atoms with Gasteiger partial charge in [0, 0.05) is 19.2 Å². The van der Waals surface area contributed by atoms with Crippen molar-refractivity contribution in [3.8, 4) is 0 Å². The van der Waals surface area contributed by atoms with Gasteiger partial charge in [-0.15, -0.1) is 0 Å². The summed E-state index contributed by atoms with van der Waals surface area (Å²) in [4.78, 5) is 2.62. The van der Waals surface area contributed by atoms with Crippen LogP contribution in [-0.2, 0) is 4.74 Å². The molecule has 1 N–H and O–H groups in total. The molecule has 0 saturated carbocycles. The van der Waals surface area contributed by atoms with E-state index in [4.69, 9.17) is 4.74 Å². The number of hydrogen-bond donors (Lipinski definition) is 1. The molecule has 3 heteroatoms. The molecule has 2 aliphatic rings. The van der Waals surface area contributed by atoms with E-state index in [1.54, 1.807) is 0 Å². The third kappa shape index (κ3) is 3.44. The average molecular weight is 212 g/mol. The lowest BCUT2D eigenvalue weighted by Gasteiger charge is -2.35. The highest BCUT2D eigenvalue weighted by Gasteiger charge is 2.21. The quantitative estimate of drug-likeness (QED) is 0.758. The molecule has 0 aromatic rings. The molecule has 2 aliphatic heterocycles. The molecule has 2 saturated heterocycles. The van der Waals surface area contributed by atoms with Gasteiger partial charge in [0.25, 0.3) is 0 Å². The lowest BCUT2D eigenvalue weighted by molar-refractivity contribution is 0.0342. The Hall–Kier alpha value is -0.120. The number of ether oxygens (including phenoxy) is 1. The van der Waals surface area contributed by atoms with Crippen molar-refractivity contribution in [3.05, 3.63) is 0 Å². The van der Waals surface area contributed by atoms with E-state index in [2.05, 4.69) is 17.3 Å². The van der Waals surface area contributed by atoms with Crippen LogP contribution in [0, 0.1) is 5.92 Å². The molecule has 0 aliphatic carbocycles. The Labute approximate surface area is 93.2 Å². The lowest BCUT2D eigenvalue weighted by atomic mass is 9.99. The minimum Gasteiger partial charge on any atom is -0.381 e. The molecule has 2 fully saturated rings. The largest absolute Gasteiger partial charge is 0.381 e. The van der Waals surface area contributed by atoms with Crippen LogP contribution in [-0.4, -0.2) is 50.8 Å². The fourth-order valence-electron chi connectivity index (χ4n) is 2.72. The van der Waals surface area contributed by atoms with Gasteiger partial charge >= 0.3 is 0 Å². The molecule has 2 heterocycles. The normalized spacial score (nSPS) is 30.6. The summed E-state index contributed by atoms with van der Waals surface area (Å²) in [5.74, 6) is 0.796. The van der Waals surface area contributed by atoms with Gasteiger partial charge in [-0.2, -0.15) is 0 Å². The van der Waals surface area contributed by atoms with Crippen molar-refractivity contribution in [2.24, 2.45) is 5.92 Å². The van der Waals surface area contributed by atoms with Gasteiger partial charge in [-0.05, 0) is 51.7 Å². The second-order valence-corrected chi connectivity index (χ2v) is 4.95. The molecule has 0 amide bonds. The highest BCUT2D eigenvalue weighted by molar-refractivity contribution is 4.78. The summed E-state index contributed by atoms with van der Waals surface area (Å²) in [6, 6.07) is 0.754. The predicted octanol–water partition coefficient (Wildman–Crippen LogP) is 1.10. The van der Waals surface area contributed by atoms with Crippen molar-refractivity contribution >= 4 is 0 Å². The molecule has 0 aromatic carbocycles. The first-order valence-electron chi connectivity index (χ1n) is 6.36. The summed E-state index contributed by atoms with van der Waals surface area (Å²) in [6.45, 7) is 5.77. The number of likely N-dealkylation sites (tertiary alicyclic amines) is 1. The number of hydrogen-bond acceptors (Lipinski definition) is 3. The highest BCUT2D eigenvalue weighted by atomic mass is 16.5. The van der Waals surface area contributed by atoms with Crippen LogP contribution in [0.5, 0.6) is 0 Å². The molecule has 0 aromatic heterocycles. The summed E-state index contributed by atoms with van der Waals surface area (Å²) in [5.41, 5.74) is 0. The monoisotopic (exact) mass is 212 g/mol. The highest BCUT2D eigenvalue weighted by Crippen LogP contribution is 2.17. The van der Waals surface area contributed by atoms with E-state index >= 15 is 0 Å². The molecule has 0 bridgehead atoms. The van der Waals surface area contributed by atoms with Crippen molar-refractivity contribution in [3.63, 3.8) is 0 Å². The van der Waals surface area contributed by atoms with Gasteiger partial charge in [0.05, 0.1) is 6.61 Å². The number of piperidine rings is 1. The molecule has 3 nitrogen and oxygen atoms in total. The molecular weight excluding hydrogens is 188 g/mol. The van der Waals surface area contributed by atoms with Crippen LogP contribution >= 0.6 is 0 Å². The van der Waals surface area contributed by atoms with E-state index in [9.17, 15) is 0 Å². The Morgan fingerprint density at radius 1 is 1.27 bits per heavy atom. The van der Waals surface area contributed by atoms with Crippen LogP contribution in [0.15, 0.2) is 0 Å². The van der Waals surface area contributed by atoms with Crippen LogP contribution < -0.4 is 5.32 Å². The van der Waals surface area contributed by atoms with Crippen molar-refractivity contribution in [1.29, 1.82) is 0 Å². The number of rotatable bonds is 3. The minimum absolute atomic E-state index is 0.754. The molecular formula is C12H24N2O. The van der Waals surface area contributed by atoms with Gasteiger partial charge in [0.2, 0.25) is 0 Å². The van der Waals surface area contributed by atoms with Crippen molar-refractivity contribution < 1.29 is 4.74 Å². The van der Waals surface area contributed by atoms with Crippen molar-refractivity contribution in [2.75, 3.05) is 39.9 Å². The fourth-order valence-corrected chi connectivity index (χ4v) is 2.72. The van der Waals surface area contributed by atoms with Gasteiger partial charge in [0.15, 0.2) is 0 Å². The van der Waals surface area contributed by atoms with Crippen molar-refractivity contribution in [2.45, 2.75) is 31.7 Å². The second-order valence-electron chi connectivity index (χ2n) is 4.95. The summed E-state index contributed by atoms with van der Waals surface area (Å²) in [7, 11) is 2.08. The Balaban J connectivity index is 1.67. The molecule has 88 valence electrons. The molecule has 1 unspecified atom stereocenters. The Bertz CT molecular complexity index is 172. The van der Waals surface area contributed by atoms with Gasteiger partial charge in [-0.3, -0.25) is 0 Å². The average Bonchev–Trinajstić information content (AvgIpc) is 2.31. The first-order valence-corrected chi connectivity index (χ1v) is 6.36. The zero-order valence-electron chi connectivity index (χ0n) is 9.87.